The Kier molecular flexibility index (Phi) is 8.10. The van der Waals surface area contributed by atoms with E-state index in [0.29, 0.717) is 6.61 Å². The van der Waals surface area contributed by atoms with Crippen LogP contribution in [0.4, 0.5) is 0 Å². The van der Waals surface area contributed by atoms with Crippen LogP contribution < -0.4 is 10.1 Å². The summed E-state index contributed by atoms with van der Waals surface area (Å²) in [5, 5.41) is 3.17. The summed E-state index contributed by atoms with van der Waals surface area (Å²) in [5.74, 6) is 1.95. The van der Waals surface area contributed by atoms with Crippen LogP contribution in [0, 0.1) is 5.92 Å². The average molecular weight is 422 g/mol. The topological polar surface area (TPSA) is 56.1 Å². The molecule has 5 heteroatoms. The van der Waals surface area contributed by atoms with Gasteiger partial charge in [0.25, 0.3) is 0 Å². The summed E-state index contributed by atoms with van der Waals surface area (Å²) in [5.41, 5.74) is 3.36. The van der Waals surface area contributed by atoms with Crippen LogP contribution in [-0.2, 0) is 17.8 Å². The number of para-hydroxylation sites is 2. The molecule has 31 heavy (non-hydrogen) atoms. The maximum atomic E-state index is 12.6. The van der Waals surface area contributed by atoms with Crippen molar-refractivity contribution in [2.24, 2.45) is 5.92 Å². The minimum absolute atomic E-state index is 0.0489. The highest BCUT2D eigenvalue weighted by Crippen LogP contribution is 2.22. The zero-order chi connectivity index (χ0) is 22.2. The summed E-state index contributed by atoms with van der Waals surface area (Å²) in [6.45, 7) is 9.70. The first kappa shape index (κ1) is 22.9. The Labute approximate surface area is 185 Å². The molecule has 5 nitrogen and oxygen atoms in total. The first-order valence-electron chi connectivity index (χ1n) is 11.5. The largest absolute Gasteiger partial charge is 0.494 e. The predicted molar refractivity (Wildman–Crippen MR) is 126 cm³/mol. The van der Waals surface area contributed by atoms with Gasteiger partial charge in [-0.3, -0.25) is 4.79 Å². The lowest BCUT2D eigenvalue weighted by Gasteiger charge is -2.19. The third kappa shape index (κ3) is 5.66. The lowest BCUT2D eigenvalue weighted by atomic mass is 10.0. The molecule has 0 aliphatic heterocycles. The minimum Gasteiger partial charge on any atom is -0.494 e. The highest BCUT2D eigenvalue weighted by atomic mass is 16.5. The van der Waals surface area contributed by atoms with Gasteiger partial charge in [0.1, 0.15) is 11.6 Å². The lowest BCUT2D eigenvalue weighted by Crippen LogP contribution is -2.33. The van der Waals surface area contributed by atoms with Crippen LogP contribution in [0.15, 0.2) is 48.5 Å². The number of carbonyl (C=O) groups is 1. The summed E-state index contributed by atoms with van der Waals surface area (Å²) >= 11 is 0. The number of carbonyl (C=O) groups excluding carboxylic acids is 1. The number of aryl methyl sites for hydroxylation is 2. The van der Waals surface area contributed by atoms with Crippen LogP contribution in [0.2, 0.25) is 0 Å². The molecule has 0 spiro atoms. The standard InChI is InChI=1S/C26H35N3O2/c1-5-20-13-15-22(16-14-20)31-18-10-17-29-24-12-9-8-11-23(24)28-25(29)19(4)27-26(30)21(6-2)7-3/h8-9,11-16,19,21H,5-7,10,17-18H2,1-4H3,(H,27,30). The molecule has 0 aliphatic rings. The van der Waals surface area contributed by atoms with Crippen molar-refractivity contribution in [1.29, 1.82) is 0 Å². The number of ether oxygens (including phenoxy) is 1. The van der Waals surface area contributed by atoms with E-state index in [1.54, 1.807) is 0 Å². The van der Waals surface area contributed by atoms with Crippen LogP contribution in [0.5, 0.6) is 5.75 Å². The van der Waals surface area contributed by atoms with E-state index in [1.165, 1.54) is 5.56 Å². The molecule has 1 amide bonds. The van der Waals surface area contributed by atoms with Gasteiger partial charge in [-0.05, 0) is 62.4 Å². The van der Waals surface area contributed by atoms with Gasteiger partial charge in [-0.15, -0.1) is 0 Å². The summed E-state index contributed by atoms with van der Waals surface area (Å²) in [6.07, 6.45) is 3.59. The molecule has 0 bridgehead atoms. The fraction of sp³-hybridized carbons (Fsp3) is 0.462. The minimum atomic E-state index is -0.150. The predicted octanol–water partition coefficient (Wildman–Crippen LogP) is 5.68. The molecule has 1 unspecified atom stereocenters. The second-order valence-corrected chi connectivity index (χ2v) is 8.05. The number of imidazole rings is 1. The molecule has 0 radical (unpaired) electrons. The van der Waals surface area contributed by atoms with Gasteiger partial charge in [0, 0.05) is 12.5 Å². The average Bonchev–Trinajstić information content (AvgIpc) is 3.16. The van der Waals surface area contributed by atoms with E-state index in [1.807, 2.05) is 37.3 Å². The van der Waals surface area contributed by atoms with Crippen LogP contribution >= 0.6 is 0 Å². The molecular formula is C26H35N3O2. The van der Waals surface area contributed by atoms with Crippen molar-refractivity contribution in [1.82, 2.24) is 14.9 Å². The van der Waals surface area contributed by atoms with Crippen molar-refractivity contribution in [3.05, 3.63) is 59.9 Å². The molecular weight excluding hydrogens is 386 g/mol. The molecule has 0 saturated carbocycles. The third-order valence-electron chi connectivity index (χ3n) is 5.91. The number of nitrogens with one attached hydrogen (secondary N) is 1. The van der Waals surface area contributed by atoms with Crippen molar-refractivity contribution in [3.63, 3.8) is 0 Å². The quantitative estimate of drug-likeness (QED) is 0.405. The van der Waals surface area contributed by atoms with Gasteiger partial charge in [0.15, 0.2) is 0 Å². The second kappa shape index (κ2) is 11.0. The van der Waals surface area contributed by atoms with E-state index in [0.717, 1.165) is 54.8 Å². The van der Waals surface area contributed by atoms with Crippen LogP contribution in [-0.4, -0.2) is 22.1 Å². The molecule has 0 fully saturated rings. The number of aromatic nitrogens is 2. The van der Waals surface area contributed by atoms with Crippen LogP contribution in [0.1, 0.15) is 64.4 Å². The molecule has 1 atom stereocenters. The first-order valence-corrected chi connectivity index (χ1v) is 11.5. The Morgan fingerprint density at radius 3 is 2.45 bits per heavy atom. The number of rotatable bonds is 11. The summed E-state index contributed by atoms with van der Waals surface area (Å²) in [7, 11) is 0. The van der Waals surface area contributed by atoms with Crippen molar-refractivity contribution in [2.45, 2.75) is 66.0 Å². The van der Waals surface area contributed by atoms with E-state index in [4.69, 9.17) is 9.72 Å². The maximum absolute atomic E-state index is 12.6. The number of fused-ring (bicyclic) bond motifs is 1. The van der Waals surface area contributed by atoms with Gasteiger partial charge in [-0.2, -0.15) is 0 Å². The molecule has 1 N–H and O–H groups in total. The fourth-order valence-corrected chi connectivity index (χ4v) is 3.95. The maximum Gasteiger partial charge on any atom is 0.223 e. The van der Waals surface area contributed by atoms with E-state index in [2.05, 4.69) is 48.9 Å². The zero-order valence-electron chi connectivity index (χ0n) is 19.2. The third-order valence-corrected chi connectivity index (χ3v) is 5.91. The summed E-state index contributed by atoms with van der Waals surface area (Å²) < 4.78 is 8.16. The molecule has 2 aromatic carbocycles. The van der Waals surface area contributed by atoms with Gasteiger partial charge in [-0.1, -0.05) is 45.0 Å². The Morgan fingerprint density at radius 1 is 1.06 bits per heavy atom. The van der Waals surface area contributed by atoms with E-state index in [9.17, 15) is 4.79 Å². The number of amides is 1. The molecule has 1 aromatic heterocycles. The van der Waals surface area contributed by atoms with Crippen molar-refractivity contribution < 1.29 is 9.53 Å². The lowest BCUT2D eigenvalue weighted by molar-refractivity contribution is -0.125. The van der Waals surface area contributed by atoms with E-state index < -0.39 is 0 Å². The highest BCUT2D eigenvalue weighted by molar-refractivity contribution is 5.79. The number of hydrogen-bond donors (Lipinski definition) is 1. The van der Waals surface area contributed by atoms with E-state index >= 15 is 0 Å². The summed E-state index contributed by atoms with van der Waals surface area (Å²) in [6, 6.07) is 16.3. The Hall–Kier alpha value is -2.82. The fourth-order valence-electron chi connectivity index (χ4n) is 3.95. The van der Waals surface area contributed by atoms with Crippen molar-refractivity contribution >= 4 is 16.9 Å². The van der Waals surface area contributed by atoms with E-state index in [-0.39, 0.29) is 17.9 Å². The molecule has 0 saturated heterocycles. The number of benzene rings is 2. The van der Waals surface area contributed by atoms with Gasteiger partial charge >= 0.3 is 0 Å². The zero-order valence-corrected chi connectivity index (χ0v) is 19.2. The number of hydrogen-bond acceptors (Lipinski definition) is 3. The second-order valence-electron chi connectivity index (χ2n) is 8.05. The molecule has 166 valence electrons. The Morgan fingerprint density at radius 2 is 1.77 bits per heavy atom. The van der Waals surface area contributed by atoms with Crippen molar-refractivity contribution in [2.75, 3.05) is 6.61 Å². The molecule has 1 heterocycles. The van der Waals surface area contributed by atoms with Crippen molar-refractivity contribution in [3.8, 4) is 5.75 Å². The van der Waals surface area contributed by atoms with Gasteiger partial charge < -0.3 is 14.6 Å². The monoisotopic (exact) mass is 421 g/mol. The summed E-state index contributed by atoms with van der Waals surface area (Å²) in [4.78, 5) is 17.5. The smallest absolute Gasteiger partial charge is 0.223 e. The van der Waals surface area contributed by atoms with Crippen LogP contribution in [0.3, 0.4) is 0 Å². The SMILES string of the molecule is CCc1ccc(OCCCn2c(C(C)NC(=O)C(CC)CC)nc3ccccc32)cc1. The first-order chi connectivity index (χ1) is 15.1. The Bertz CT molecular complexity index is 974. The van der Waals surface area contributed by atoms with Gasteiger partial charge in [-0.25, -0.2) is 4.98 Å². The molecule has 0 aliphatic carbocycles. The molecule has 3 rings (SSSR count). The Balaban J connectivity index is 1.69. The molecule has 3 aromatic rings. The van der Waals surface area contributed by atoms with Gasteiger partial charge in [0.2, 0.25) is 5.91 Å². The normalized spacial score (nSPS) is 12.3. The number of nitrogens with zero attached hydrogens (tertiary/aromatic N) is 2. The van der Waals surface area contributed by atoms with Gasteiger partial charge in [0.05, 0.1) is 23.7 Å². The van der Waals surface area contributed by atoms with Crippen LogP contribution in [0.25, 0.3) is 11.0 Å². The highest BCUT2D eigenvalue weighted by Gasteiger charge is 2.21.